The summed E-state index contributed by atoms with van der Waals surface area (Å²) in [6.45, 7) is 5.45. The first-order valence-electron chi connectivity index (χ1n) is 5.31. The largest absolute Gasteiger partial charge is 0.386 e. The van der Waals surface area contributed by atoms with E-state index in [1.807, 2.05) is 20.8 Å². The highest BCUT2D eigenvalue weighted by atomic mass is 19.3. The zero-order valence-corrected chi connectivity index (χ0v) is 9.84. The molecule has 0 heterocycles. The number of halogens is 2. The third-order valence-corrected chi connectivity index (χ3v) is 2.32. The lowest BCUT2D eigenvalue weighted by Crippen LogP contribution is -2.43. The molecule has 2 unspecified atom stereocenters. The summed E-state index contributed by atoms with van der Waals surface area (Å²) in [4.78, 5) is 11.3. The zero-order valence-electron chi connectivity index (χ0n) is 9.84. The van der Waals surface area contributed by atoms with Gasteiger partial charge >= 0.3 is 0 Å². The third kappa shape index (κ3) is 6.68. The van der Waals surface area contributed by atoms with Gasteiger partial charge in [0.15, 0.2) is 0 Å². The second-order valence-corrected chi connectivity index (χ2v) is 4.13. The van der Waals surface area contributed by atoms with Crippen LogP contribution in [0.5, 0.6) is 0 Å². The van der Waals surface area contributed by atoms with Gasteiger partial charge in [-0.2, -0.15) is 0 Å². The Labute approximate surface area is 94.4 Å². The fourth-order valence-electron chi connectivity index (χ4n) is 0.894. The van der Waals surface area contributed by atoms with Crippen molar-refractivity contribution in [3.63, 3.8) is 0 Å². The third-order valence-electron chi connectivity index (χ3n) is 2.32. The van der Waals surface area contributed by atoms with Crippen molar-refractivity contribution in [2.75, 3.05) is 13.1 Å². The highest BCUT2D eigenvalue weighted by Gasteiger charge is 2.16. The highest BCUT2D eigenvalue weighted by Crippen LogP contribution is 1.99. The molecule has 2 atom stereocenters. The fraction of sp³-hybridized carbons (Fsp3) is 0.900. The highest BCUT2D eigenvalue weighted by molar-refractivity contribution is 5.78. The van der Waals surface area contributed by atoms with Gasteiger partial charge in [-0.1, -0.05) is 13.8 Å². The zero-order chi connectivity index (χ0) is 12.7. The topological polar surface area (TPSA) is 61.4 Å². The summed E-state index contributed by atoms with van der Waals surface area (Å²) < 4.78 is 23.8. The predicted molar refractivity (Wildman–Crippen MR) is 57.3 cm³/mol. The Morgan fingerprint density at radius 3 is 2.31 bits per heavy atom. The Bertz CT molecular complexity index is 213. The summed E-state index contributed by atoms with van der Waals surface area (Å²) in [5.41, 5.74) is 0. The number of carbonyl (C=O) groups excluding carboxylic acids is 1. The summed E-state index contributed by atoms with van der Waals surface area (Å²) in [5, 5.41) is 13.9. The summed E-state index contributed by atoms with van der Waals surface area (Å²) >= 11 is 0. The van der Waals surface area contributed by atoms with E-state index in [-0.39, 0.29) is 25.0 Å². The van der Waals surface area contributed by atoms with Crippen LogP contribution in [0.3, 0.4) is 0 Å². The van der Waals surface area contributed by atoms with Crippen LogP contribution < -0.4 is 10.6 Å². The average molecular weight is 238 g/mol. The van der Waals surface area contributed by atoms with Gasteiger partial charge in [-0.3, -0.25) is 4.79 Å². The molecule has 0 aliphatic heterocycles. The van der Waals surface area contributed by atoms with Crippen molar-refractivity contribution >= 4 is 5.91 Å². The second kappa shape index (κ2) is 7.51. The van der Waals surface area contributed by atoms with E-state index in [0.717, 1.165) is 0 Å². The first-order chi connectivity index (χ1) is 7.34. The van der Waals surface area contributed by atoms with Gasteiger partial charge in [0.1, 0.15) is 6.10 Å². The lowest BCUT2D eigenvalue weighted by molar-refractivity contribution is -0.121. The average Bonchev–Trinajstić information content (AvgIpc) is 2.16. The minimum absolute atomic E-state index is 0.0364. The van der Waals surface area contributed by atoms with Gasteiger partial charge < -0.3 is 15.7 Å². The molecule has 0 aliphatic carbocycles. The maximum Gasteiger partial charge on any atom is 0.265 e. The molecule has 16 heavy (non-hydrogen) atoms. The van der Waals surface area contributed by atoms with Gasteiger partial charge in [-0.15, -0.1) is 0 Å². The molecule has 1 amide bonds. The van der Waals surface area contributed by atoms with Crippen LogP contribution in [0.25, 0.3) is 0 Å². The quantitative estimate of drug-likeness (QED) is 0.600. The smallest absolute Gasteiger partial charge is 0.265 e. The molecule has 3 N–H and O–H groups in total. The van der Waals surface area contributed by atoms with E-state index < -0.39 is 12.5 Å². The van der Waals surface area contributed by atoms with Crippen molar-refractivity contribution < 1.29 is 18.7 Å². The van der Waals surface area contributed by atoms with Crippen LogP contribution in [0.4, 0.5) is 8.78 Å². The van der Waals surface area contributed by atoms with Gasteiger partial charge in [0.2, 0.25) is 5.91 Å². The summed E-state index contributed by atoms with van der Waals surface area (Å²) in [6.07, 6.45) is -4.51. The van der Waals surface area contributed by atoms with Crippen molar-refractivity contribution in [1.29, 1.82) is 0 Å². The molecule has 0 saturated heterocycles. The van der Waals surface area contributed by atoms with Gasteiger partial charge in [-0.05, 0) is 12.8 Å². The van der Waals surface area contributed by atoms with E-state index in [1.54, 1.807) is 0 Å². The Morgan fingerprint density at radius 1 is 1.31 bits per heavy atom. The number of amides is 1. The number of hydrogen-bond donors (Lipinski definition) is 3. The van der Waals surface area contributed by atoms with Crippen molar-refractivity contribution in [3.8, 4) is 0 Å². The molecule has 0 aromatic carbocycles. The van der Waals surface area contributed by atoms with Crippen LogP contribution in [-0.4, -0.2) is 42.7 Å². The SMILES string of the molecule is CC(C)C(C)NC(=O)CNCC(O)C(F)F. The van der Waals surface area contributed by atoms with Gasteiger partial charge in [0, 0.05) is 12.6 Å². The van der Waals surface area contributed by atoms with E-state index in [9.17, 15) is 13.6 Å². The number of nitrogens with one attached hydrogen (secondary N) is 2. The van der Waals surface area contributed by atoms with Crippen molar-refractivity contribution in [2.24, 2.45) is 5.92 Å². The van der Waals surface area contributed by atoms with Crippen molar-refractivity contribution in [1.82, 2.24) is 10.6 Å². The number of alkyl halides is 2. The second-order valence-electron chi connectivity index (χ2n) is 4.13. The number of aliphatic hydroxyl groups excluding tert-OH is 1. The van der Waals surface area contributed by atoms with E-state index in [0.29, 0.717) is 5.92 Å². The van der Waals surface area contributed by atoms with Crippen molar-refractivity contribution in [3.05, 3.63) is 0 Å². The van der Waals surface area contributed by atoms with Crippen LogP contribution in [0.15, 0.2) is 0 Å². The molecular weight excluding hydrogens is 218 g/mol. The minimum atomic E-state index is -2.79. The lowest BCUT2D eigenvalue weighted by Gasteiger charge is -2.18. The molecule has 0 saturated carbocycles. The van der Waals surface area contributed by atoms with Crippen LogP contribution in [0, 0.1) is 5.92 Å². The molecule has 0 bridgehead atoms. The maximum absolute atomic E-state index is 11.9. The summed E-state index contributed by atoms with van der Waals surface area (Å²) in [5.74, 6) is 0.0540. The van der Waals surface area contributed by atoms with Gasteiger partial charge in [0.25, 0.3) is 6.43 Å². The summed E-state index contributed by atoms with van der Waals surface area (Å²) in [6, 6.07) is 0.0364. The summed E-state index contributed by atoms with van der Waals surface area (Å²) in [7, 11) is 0. The fourth-order valence-corrected chi connectivity index (χ4v) is 0.894. The molecule has 0 aromatic rings. The maximum atomic E-state index is 11.9. The van der Waals surface area contributed by atoms with Crippen molar-refractivity contribution in [2.45, 2.75) is 39.3 Å². The first kappa shape index (κ1) is 15.2. The molecule has 96 valence electrons. The van der Waals surface area contributed by atoms with Crippen LogP contribution in [0.2, 0.25) is 0 Å². The lowest BCUT2D eigenvalue weighted by atomic mass is 10.1. The number of carbonyl (C=O) groups is 1. The standard InChI is InChI=1S/C10H20F2N2O2/c1-6(2)7(3)14-9(16)5-13-4-8(15)10(11)12/h6-8,10,13,15H,4-5H2,1-3H3,(H,14,16). The Kier molecular flexibility index (Phi) is 7.16. The first-order valence-corrected chi connectivity index (χ1v) is 5.31. The molecule has 0 radical (unpaired) electrons. The molecule has 4 nitrogen and oxygen atoms in total. The van der Waals surface area contributed by atoms with E-state index in [4.69, 9.17) is 5.11 Å². The van der Waals surface area contributed by atoms with Crippen LogP contribution in [-0.2, 0) is 4.79 Å². The number of hydrogen-bond acceptors (Lipinski definition) is 3. The number of rotatable bonds is 7. The number of aliphatic hydroxyl groups is 1. The van der Waals surface area contributed by atoms with Gasteiger partial charge in [0.05, 0.1) is 6.54 Å². The molecule has 0 rings (SSSR count). The molecular formula is C10H20F2N2O2. The molecule has 0 aliphatic rings. The van der Waals surface area contributed by atoms with E-state index >= 15 is 0 Å². The Morgan fingerprint density at radius 2 is 1.88 bits per heavy atom. The minimum Gasteiger partial charge on any atom is -0.386 e. The normalized spacial score (nSPS) is 15.2. The molecule has 0 aromatic heterocycles. The Hall–Kier alpha value is -0.750. The van der Waals surface area contributed by atoms with E-state index in [2.05, 4.69) is 10.6 Å². The van der Waals surface area contributed by atoms with Crippen LogP contribution >= 0.6 is 0 Å². The van der Waals surface area contributed by atoms with Crippen LogP contribution in [0.1, 0.15) is 20.8 Å². The molecule has 6 heteroatoms. The van der Waals surface area contributed by atoms with Gasteiger partial charge in [-0.25, -0.2) is 8.78 Å². The Balaban J connectivity index is 3.66. The van der Waals surface area contributed by atoms with E-state index in [1.165, 1.54) is 0 Å². The predicted octanol–water partition coefficient (Wildman–Crippen LogP) is 0.363. The monoisotopic (exact) mass is 238 g/mol. The molecule has 0 fully saturated rings. The molecule has 0 spiro atoms.